The Morgan fingerprint density at radius 3 is 1.40 bits per heavy atom. The molecule has 3 heteroatoms. The first kappa shape index (κ1) is 37.1. The summed E-state index contributed by atoms with van der Waals surface area (Å²) in [6.45, 7) is 0. The Morgan fingerprint density at radius 2 is 0.723 bits per heavy atom. The van der Waals surface area contributed by atoms with Gasteiger partial charge in [-0.05, 0) is 113 Å². The number of hydrogen-bond donors (Lipinski definition) is 0. The van der Waals surface area contributed by atoms with Crippen LogP contribution in [0.2, 0.25) is 0 Å². The second-order valence-electron chi connectivity index (χ2n) is 17.1. The second kappa shape index (κ2) is 14.8. The van der Waals surface area contributed by atoms with Crippen molar-refractivity contribution in [1.82, 2.24) is 15.0 Å². The molecule has 3 nitrogen and oxygen atoms in total. The topological polar surface area (TPSA) is 38.7 Å². The van der Waals surface area contributed by atoms with Gasteiger partial charge in [0.15, 0.2) is 5.82 Å². The van der Waals surface area contributed by atoms with E-state index in [-0.39, 0.29) is 0 Å². The van der Waals surface area contributed by atoms with E-state index in [1.165, 1.54) is 72.0 Å². The third-order valence-corrected chi connectivity index (χ3v) is 13.7. The summed E-state index contributed by atoms with van der Waals surface area (Å²) in [5.74, 6) is 0.679. The largest absolute Gasteiger partial charge is 0.265 e. The van der Waals surface area contributed by atoms with E-state index >= 15 is 0 Å². The molecular weight excluding hydrogens is 787 g/mol. The monoisotopic (exact) mass is 825 g/mol. The number of hydrogen-bond acceptors (Lipinski definition) is 3. The highest BCUT2D eigenvalue weighted by atomic mass is 14.9. The number of nitrogens with zero attached hydrogens (tertiary/aromatic N) is 3. The highest BCUT2D eigenvalue weighted by Gasteiger charge is 2.49. The summed E-state index contributed by atoms with van der Waals surface area (Å²) in [5.41, 5.74) is 21.4. The molecule has 0 radical (unpaired) electrons. The maximum absolute atomic E-state index is 5.43. The lowest BCUT2D eigenvalue weighted by Crippen LogP contribution is -2.29. The van der Waals surface area contributed by atoms with Crippen LogP contribution in [-0.4, -0.2) is 15.0 Å². The summed E-state index contributed by atoms with van der Waals surface area (Å²) in [6.07, 6.45) is 3.67. The van der Waals surface area contributed by atoms with E-state index in [4.69, 9.17) is 9.97 Å². The first-order chi connectivity index (χ1) is 32.2. The van der Waals surface area contributed by atoms with Crippen molar-refractivity contribution in [1.29, 1.82) is 0 Å². The predicted octanol–water partition coefficient (Wildman–Crippen LogP) is 15.4. The van der Waals surface area contributed by atoms with Gasteiger partial charge in [-0.2, -0.15) is 0 Å². The summed E-state index contributed by atoms with van der Waals surface area (Å²) < 4.78 is 0. The minimum atomic E-state index is -0.541. The van der Waals surface area contributed by atoms with Gasteiger partial charge >= 0.3 is 0 Å². The van der Waals surface area contributed by atoms with Crippen LogP contribution in [0.15, 0.2) is 237 Å². The fourth-order valence-corrected chi connectivity index (χ4v) is 10.7. The van der Waals surface area contributed by atoms with Gasteiger partial charge in [-0.25, -0.2) is 9.97 Å². The van der Waals surface area contributed by atoms with E-state index in [1.54, 1.807) is 0 Å². The lowest BCUT2D eigenvalue weighted by molar-refractivity contribution is 0.775. The van der Waals surface area contributed by atoms with Crippen LogP contribution in [0.1, 0.15) is 22.3 Å². The molecule has 0 saturated carbocycles. The molecule has 0 atom stereocenters. The van der Waals surface area contributed by atoms with E-state index in [9.17, 15) is 0 Å². The van der Waals surface area contributed by atoms with Crippen LogP contribution in [0.5, 0.6) is 0 Å². The van der Waals surface area contributed by atoms with Gasteiger partial charge in [0.1, 0.15) is 0 Å². The van der Waals surface area contributed by atoms with Gasteiger partial charge in [0.25, 0.3) is 0 Å². The second-order valence-corrected chi connectivity index (χ2v) is 17.1. The summed E-state index contributed by atoms with van der Waals surface area (Å²) in [6, 6.07) is 81.7. The van der Waals surface area contributed by atoms with Crippen LogP contribution in [0.3, 0.4) is 0 Å². The number of aromatic nitrogens is 3. The molecule has 2 aromatic heterocycles. The standard InChI is InChI=1S/C62H39N3/c1-2-14-47-42(12-1)13-11-20-48(47)43-26-30-45(31-27-43)61-64-59(44-28-24-40(25-29-44)41-34-36-63-37-35-41)39-60(65-61)46-32-33-58-54(38-46)50-16-4-3-15-49(50)51-17-5-8-21-55(51)62(58)56-22-9-6-18-52(56)53-19-7-10-23-57(53)62/h1-39H. The number of fused-ring (bicyclic) bond motifs is 13. The zero-order valence-electron chi connectivity index (χ0n) is 35.4. The molecule has 11 aromatic rings. The van der Waals surface area contributed by atoms with Gasteiger partial charge in [-0.3, -0.25) is 4.98 Å². The Bertz CT molecular complexity index is 3590. The van der Waals surface area contributed by atoms with Crippen LogP contribution in [0.25, 0.3) is 100 Å². The quantitative estimate of drug-likeness (QED) is 0.173. The first-order valence-corrected chi connectivity index (χ1v) is 22.2. The maximum Gasteiger partial charge on any atom is 0.160 e. The molecule has 0 bridgehead atoms. The average Bonchev–Trinajstić information content (AvgIpc) is 3.63. The van der Waals surface area contributed by atoms with Gasteiger partial charge in [-0.1, -0.05) is 200 Å². The van der Waals surface area contributed by atoms with E-state index in [2.05, 4.69) is 217 Å². The third kappa shape index (κ3) is 5.79. The maximum atomic E-state index is 5.43. The molecule has 302 valence electrons. The van der Waals surface area contributed by atoms with E-state index in [0.717, 1.165) is 44.8 Å². The number of benzene rings is 9. The Labute approximate surface area is 378 Å². The SMILES string of the molecule is c1ccc2c(c1)-c1ccccc1C1(c3ccc(-c4cc(-c5ccc(-c6ccncc6)cc5)nc(-c5ccc(-c6cccc7ccccc67)cc5)n4)cc3-2)c2ccccc2-c2ccccc21. The molecule has 2 aliphatic rings. The van der Waals surface area contributed by atoms with Gasteiger partial charge in [-0.15, -0.1) is 0 Å². The summed E-state index contributed by atoms with van der Waals surface area (Å²) in [7, 11) is 0. The summed E-state index contributed by atoms with van der Waals surface area (Å²) in [4.78, 5) is 15.0. The van der Waals surface area contributed by atoms with Gasteiger partial charge in [0.2, 0.25) is 0 Å². The Kier molecular flexibility index (Phi) is 8.44. The molecule has 9 aromatic carbocycles. The lowest BCUT2D eigenvalue weighted by Gasteiger charge is -2.35. The third-order valence-electron chi connectivity index (χ3n) is 13.7. The highest BCUT2D eigenvalue weighted by Crippen LogP contribution is 2.61. The van der Waals surface area contributed by atoms with Crippen molar-refractivity contribution in [3.05, 3.63) is 259 Å². The predicted molar refractivity (Wildman–Crippen MR) is 266 cm³/mol. The molecule has 13 rings (SSSR count). The minimum Gasteiger partial charge on any atom is -0.265 e. The normalized spacial score (nSPS) is 12.7. The molecule has 2 aliphatic carbocycles. The smallest absolute Gasteiger partial charge is 0.160 e. The van der Waals surface area contributed by atoms with Gasteiger partial charge in [0.05, 0.1) is 16.8 Å². The van der Waals surface area contributed by atoms with Crippen molar-refractivity contribution in [3.8, 4) is 89.5 Å². The van der Waals surface area contributed by atoms with Crippen molar-refractivity contribution in [3.63, 3.8) is 0 Å². The van der Waals surface area contributed by atoms with Crippen LogP contribution >= 0.6 is 0 Å². The Balaban J connectivity index is 1.02. The van der Waals surface area contributed by atoms with Crippen molar-refractivity contribution in [2.75, 3.05) is 0 Å². The summed E-state index contributed by atoms with van der Waals surface area (Å²) >= 11 is 0. The fourth-order valence-electron chi connectivity index (χ4n) is 10.7. The molecular formula is C62H39N3. The van der Waals surface area contributed by atoms with E-state index in [0.29, 0.717) is 5.82 Å². The number of rotatable bonds is 5. The molecule has 1 spiro atoms. The van der Waals surface area contributed by atoms with Crippen LogP contribution < -0.4 is 0 Å². The zero-order chi connectivity index (χ0) is 42.9. The Morgan fingerprint density at radius 1 is 0.277 bits per heavy atom. The van der Waals surface area contributed by atoms with E-state index in [1.807, 2.05) is 24.5 Å². The molecule has 0 saturated heterocycles. The molecule has 2 heterocycles. The van der Waals surface area contributed by atoms with Gasteiger partial charge in [0, 0.05) is 29.1 Å². The molecule has 0 N–H and O–H groups in total. The van der Waals surface area contributed by atoms with Gasteiger partial charge < -0.3 is 0 Å². The fraction of sp³-hybridized carbons (Fsp3) is 0.0161. The molecule has 0 unspecified atom stereocenters. The van der Waals surface area contributed by atoms with Crippen molar-refractivity contribution in [2.24, 2.45) is 0 Å². The zero-order valence-corrected chi connectivity index (χ0v) is 35.4. The van der Waals surface area contributed by atoms with Crippen molar-refractivity contribution in [2.45, 2.75) is 5.41 Å². The highest BCUT2D eigenvalue weighted by molar-refractivity contribution is 5.99. The number of pyridine rings is 1. The Hall–Kier alpha value is -8.53. The van der Waals surface area contributed by atoms with Crippen LogP contribution in [0, 0.1) is 0 Å². The molecule has 0 amide bonds. The van der Waals surface area contributed by atoms with Crippen LogP contribution in [0.4, 0.5) is 0 Å². The average molecular weight is 826 g/mol. The first-order valence-electron chi connectivity index (χ1n) is 22.2. The molecule has 0 fully saturated rings. The summed E-state index contributed by atoms with van der Waals surface area (Å²) in [5, 5.41) is 2.46. The van der Waals surface area contributed by atoms with E-state index < -0.39 is 5.41 Å². The lowest BCUT2D eigenvalue weighted by atomic mass is 9.66. The van der Waals surface area contributed by atoms with Crippen molar-refractivity contribution < 1.29 is 0 Å². The molecule has 0 aliphatic heterocycles. The molecule has 65 heavy (non-hydrogen) atoms. The minimum absolute atomic E-state index is 0.541. The van der Waals surface area contributed by atoms with Crippen molar-refractivity contribution >= 4 is 10.8 Å². The van der Waals surface area contributed by atoms with Crippen LogP contribution in [-0.2, 0) is 5.41 Å².